The molecule has 12 heteroatoms. The fraction of sp³-hybridized carbons (Fsp3) is 0.125. The average Bonchev–Trinajstić information content (AvgIpc) is 2.84. The summed E-state index contributed by atoms with van der Waals surface area (Å²) in [6.45, 7) is 1.58. The van der Waals surface area contributed by atoms with Crippen LogP contribution in [0, 0.1) is 10.1 Å². The molecule has 36 heavy (non-hydrogen) atoms. The molecule has 0 radical (unpaired) electrons. The number of rotatable bonds is 10. The maximum absolute atomic E-state index is 12.5. The van der Waals surface area contributed by atoms with Crippen molar-refractivity contribution in [2.75, 3.05) is 13.2 Å². The van der Waals surface area contributed by atoms with Crippen molar-refractivity contribution in [1.29, 1.82) is 0 Å². The van der Waals surface area contributed by atoms with Gasteiger partial charge in [0.15, 0.2) is 23.9 Å². The molecule has 3 aromatic carbocycles. The number of nitrogens with zero attached hydrogens (tertiary/aromatic N) is 2. The Labute approximate surface area is 215 Å². The number of carbonyl (C=O) groups excluding carboxylic acids is 2. The number of carbonyl (C=O) groups is 2. The summed E-state index contributed by atoms with van der Waals surface area (Å²) in [7, 11) is 0. The van der Waals surface area contributed by atoms with Crippen LogP contribution in [0.25, 0.3) is 0 Å². The molecule has 0 fully saturated rings. The molecule has 0 aliphatic heterocycles. The predicted molar refractivity (Wildman–Crippen MR) is 133 cm³/mol. The van der Waals surface area contributed by atoms with Gasteiger partial charge in [-0.1, -0.05) is 35.3 Å². The number of amides is 1. The molecule has 0 atom stereocenters. The van der Waals surface area contributed by atoms with Crippen LogP contribution in [0.4, 0.5) is 5.69 Å². The molecule has 3 rings (SSSR count). The van der Waals surface area contributed by atoms with Crippen molar-refractivity contribution < 1.29 is 28.7 Å². The lowest BCUT2D eigenvalue weighted by Gasteiger charge is -2.12. The first-order valence-corrected chi connectivity index (χ1v) is 11.2. The summed E-state index contributed by atoms with van der Waals surface area (Å²) in [6.07, 6.45) is 1.34. The molecule has 1 amide bonds. The van der Waals surface area contributed by atoms with Crippen molar-refractivity contribution in [3.63, 3.8) is 0 Å². The first kappa shape index (κ1) is 26.5. The van der Waals surface area contributed by atoms with Crippen molar-refractivity contribution in [1.82, 2.24) is 5.43 Å². The normalized spacial score (nSPS) is 10.6. The van der Waals surface area contributed by atoms with Crippen LogP contribution in [0.15, 0.2) is 65.8 Å². The fourth-order valence-corrected chi connectivity index (χ4v) is 3.34. The average molecular weight is 532 g/mol. The van der Waals surface area contributed by atoms with Crippen LogP contribution in [0.2, 0.25) is 10.0 Å². The molecule has 1 N–H and O–H groups in total. The topological polar surface area (TPSA) is 129 Å². The zero-order valence-corrected chi connectivity index (χ0v) is 20.3. The second kappa shape index (κ2) is 12.5. The van der Waals surface area contributed by atoms with Crippen molar-refractivity contribution in [3.05, 3.63) is 92.0 Å². The number of esters is 1. The largest absolute Gasteiger partial charge is 0.490 e. The molecule has 0 aliphatic carbocycles. The van der Waals surface area contributed by atoms with Gasteiger partial charge in [-0.2, -0.15) is 5.10 Å². The highest BCUT2D eigenvalue weighted by Crippen LogP contribution is 2.30. The molecule has 0 aliphatic rings. The Kier molecular flexibility index (Phi) is 9.20. The van der Waals surface area contributed by atoms with Crippen molar-refractivity contribution in [2.24, 2.45) is 5.10 Å². The molecule has 0 aromatic heterocycles. The minimum Gasteiger partial charge on any atom is -0.490 e. The zero-order valence-electron chi connectivity index (χ0n) is 18.8. The number of hydrogen-bond donors (Lipinski definition) is 1. The second-order valence-electron chi connectivity index (χ2n) is 6.96. The maximum atomic E-state index is 12.5. The van der Waals surface area contributed by atoms with Crippen LogP contribution in [-0.4, -0.2) is 36.2 Å². The standard InChI is InChI=1S/C24H19Cl2N3O7/c1-2-34-22-11-15(7-10-21(22)36-24(31)17-9-8-16(25)12-18(17)26)13-27-28-23(30)14-35-20-6-4-3-5-19(20)29(32)33/h3-13H,2,14H2,1H3,(H,28,30)/b27-13-. The Hall–Kier alpha value is -4.15. The number of para-hydroxylation sites is 2. The van der Waals surface area contributed by atoms with Gasteiger partial charge in [0.1, 0.15) is 0 Å². The Morgan fingerprint density at radius 2 is 1.81 bits per heavy atom. The van der Waals surface area contributed by atoms with Gasteiger partial charge in [0.2, 0.25) is 0 Å². The molecule has 3 aromatic rings. The van der Waals surface area contributed by atoms with Crippen molar-refractivity contribution in [2.45, 2.75) is 6.92 Å². The van der Waals surface area contributed by atoms with Gasteiger partial charge in [0.05, 0.1) is 28.3 Å². The molecule has 0 unspecified atom stereocenters. The van der Waals surface area contributed by atoms with E-state index in [9.17, 15) is 19.7 Å². The van der Waals surface area contributed by atoms with Crippen LogP contribution in [0.3, 0.4) is 0 Å². The lowest BCUT2D eigenvalue weighted by molar-refractivity contribution is -0.385. The molecule has 0 spiro atoms. The van der Waals surface area contributed by atoms with Gasteiger partial charge in [-0.15, -0.1) is 0 Å². The first-order chi connectivity index (χ1) is 17.3. The summed E-state index contributed by atoms with van der Waals surface area (Å²) in [5, 5.41) is 15.4. The number of benzene rings is 3. The highest BCUT2D eigenvalue weighted by atomic mass is 35.5. The number of nitrogens with one attached hydrogen (secondary N) is 1. The second-order valence-corrected chi connectivity index (χ2v) is 7.80. The third-order valence-electron chi connectivity index (χ3n) is 4.44. The van der Waals surface area contributed by atoms with E-state index in [0.29, 0.717) is 17.2 Å². The van der Waals surface area contributed by atoms with E-state index in [1.807, 2.05) is 0 Å². The Morgan fingerprint density at radius 1 is 1.03 bits per heavy atom. The SMILES string of the molecule is CCOc1cc(/C=N\NC(=O)COc2ccccc2[N+](=O)[O-])ccc1OC(=O)c1ccc(Cl)cc1Cl. The van der Waals surface area contributed by atoms with Crippen LogP contribution in [-0.2, 0) is 4.79 Å². The maximum Gasteiger partial charge on any atom is 0.345 e. The Balaban J connectivity index is 1.62. The molecule has 0 bridgehead atoms. The van der Waals surface area contributed by atoms with E-state index in [1.54, 1.807) is 25.1 Å². The lowest BCUT2D eigenvalue weighted by Crippen LogP contribution is -2.24. The number of nitro benzene ring substituents is 1. The minimum atomic E-state index is -0.690. The van der Waals surface area contributed by atoms with E-state index >= 15 is 0 Å². The third kappa shape index (κ3) is 7.17. The molecular formula is C24H19Cl2N3O7. The summed E-state index contributed by atoms with van der Waals surface area (Å²) < 4.78 is 16.2. The van der Waals surface area contributed by atoms with Gasteiger partial charge < -0.3 is 14.2 Å². The summed E-state index contributed by atoms with van der Waals surface area (Å²) >= 11 is 11.9. The van der Waals surface area contributed by atoms with Crippen LogP contribution < -0.4 is 19.6 Å². The van der Waals surface area contributed by atoms with Crippen LogP contribution in [0.1, 0.15) is 22.8 Å². The van der Waals surface area contributed by atoms with Gasteiger partial charge in [-0.05, 0) is 55.0 Å². The van der Waals surface area contributed by atoms with E-state index in [1.165, 1.54) is 48.7 Å². The van der Waals surface area contributed by atoms with Gasteiger partial charge >= 0.3 is 11.7 Å². The molecule has 0 saturated carbocycles. The monoisotopic (exact) mass is 531 g/mol. The fourth-order valence-electron chi connectivity index (χ4n) is 2.85. The molecule has 186 valence electrons. The number of halogens is 2. The number of hydrazone groups is 1. The predicted octanol–water partition coefficient (Wildman–Crippen LogP) is 5.05. The Morgan fingerprint density at radius 3 is 2.53 bits per heavy atom. The van der Waals surface area contributed by atoms with Gasteiger partial charge in [-0.3, -0.25) is 14.9 Å². The summed E-state index contributed by atoms with van der Waals surface area (Å²) in [5.41, 5.74) is 2.68. The van der Waals surface area contributed by atoms with E-state index in [4.69, 9.17) is 37.4 Å². The molecule has 10 nitrogen and oxygen atoms in total. The van der Waals surface area contributed by atoms with E-state index in [0.717, 1.165) is 0 Å². The lowest BCUT2D eigenvalue weighted by atomic mass is 10.2. The number of nitro groups is 1. The zero-order chi connectivity index (χ0) is 26.1. The number of ether oxygens (including phenoxy) is 3. The smallest absolute Gasteiger partial charge is 0.345 e. The van der Waals surface area contributed by atoms with Gasteiger partial charge in [-0.25, -0.2) is 10.2 Å². The third-order valence-corrected chi connectivity index (χ3v) is 4.99. The number of hydrogen-bond acceptors (Lipinski definition) is 8. The summed E-state index contributed by atoms with van der Waals surface area (Å²) in [6, 6.07) is 14.8. The van der Waals surface area contributed by atoms with E-state index in [-0.39, 0.29) is 33.5 Å². The van der Waals surface area contributed by atoms with Gasteiger partial charge in [0.25, 0.3) is 5.91 Å². The van der Waals surface area contributed by atoms with E-state index in [2.05, 4.69) is 10.5 Å². The van der Waals surface area contributed by atoms with Crippen molar-refractivity contribution in [3.8, 4) is 17.2 Å². The van der Waals surface area contributed by atoms with Gasteiger partial charge in [0, 0.05) is 11.1 Å². The van der Waals surface area contributed by atoms with E-state index < -0.39 is 23.4 Å². The molecule has 0 heterocycles. The van der Waals surface area contributed by atoms with Crippen LogP contribution >= 0.6 is 23.2 Å². The van der Waals surface area contributed by atoms with Crippen LogP contribution in [0.5, 0.6) is 17.2 Å². The molecule has 0 saturated heterocycles. The highest BCUT2D eigenvalue weighted by molar-refractivity contribution is 6.36. The summed E-state index contributed by atoms with van der Waals surface area (Å²) in [5.74, 6) is -0.921. The molecular weight excluding hydrogens is 513 g/mol. The minimum absolute atomic E-state index is 0.0343. The van der Waals surface area contributed by atoms with Crippen molar-refractivity contribution >= 4 is 47.0 Å². The Bertz CT molecular complexity index is 1310. The highest BCUT2D eigenvalue weighted by Gasteiger charge is 2.17. The quantitative estimate of drug-likeness (QED) is 0.127. The first-order valence-electron chi connectivity index (χ1n) is 10.4. The summed E-state index contributed by atoms with van der Waals surface area (Å²) in [4.78, 5) is 34.9.